The van der Waals surface area contributed by atoms with Gasteiger partial charge in [-0.05, 0) is 19.4 Å². The summed E-state index contributed by atoms with van der Waals surface area (Å²) in [7, 11) is 1.78. The van der Waals surface area contributed by atoms with Crippen LogP contribution >= 0.6 is 0 Å². The number of likely N-dealkylation sites (tertiary alicyclic amines) is 1. The second-order valence-electron chi connectivity index (χ2n) is 5.39. The first-order chi connectivity index (χ1) is 9.97. The molecule has 1 N–H and O–H groups in total. The zero-order valence-corrected chi connectivity index (χ0v) is 11.9. The van der Waals surface area contributed by atoms with Gasteiger partial charge in [0.05, 0.1) is 23.1 Å². The lowest BCUT2D eigenvalue weighted by atomic mass is 10.1. The third kappa shape index (κ3) is 2.24. The molecule has 0 bridgehead atoms. The van der Waals surface area contributed by atoms with Gasteiger partial charge >= 0.3 is 5.97 Å². The molecule has 0 radical (unpaired) electrons. The van der Waals surface area contributed by atoms with E-state index < -0.39 is 11.9 Å². The Morgan fingerprint density at radius 3 is 2.86 bits per heavy atom. The first-order valence-corrected chi connectivity index (χ1v) is 6.79. The predicted molar refractivity (Wildman–Crippen MR) is 74.9 cm³/mol. The minimum absolute atomic E-state index is 0.151. The summed E-state index contributed by atoms with van der Waals surface area (Å²) in [4.78, 5) is 29.7. The topological polar surface area (TPSA) is 88.3 Å². The van der Waals surface area contributed by atoms with E-state index in [1.807, 2.05) is 6.92 Å². The molecule has 2 aromatic rings. The molecule has 110 valence electrons. The number of hydrogen-bond donors (Lipinski definition) is 1. The summed E-state index contributed by atoms with van der Waals surface area (Å²) >= 11 is 0. The van der Waals surface area contributed by atoms with Crippen LogP contribution in [0.3, 0.4) is 0 Å². The van der Waals surface area contributed by atoms with E-state index in [2.05, 4.69) is 10.1 Å². The lowest BCUT2D eigenvalue weighted by Gasteiger charge is -2.16. The first-order valence-electron chi connectivity index (χ1n) is 6.79. The molecule has 1 aliphatic heterocycles. The van der Waals surface area contributed by atoms with Crippen LogP contribution in [0.15, 0.2) is 12.3 Å². The summed E-state index contributed by atoms with van der Waals surface area (Å²) in [6.07, 6.45) is 2.13. The Labute approximate surface area is 121 Å². The van der Waals surface area contributed by atoms with Crippen LogP contribution in [0.1, 0.15) is 22.5 Å². The fourth-order valence-electron chi connectivity index (χ4n) is 2.73. The number of fused-ring (bicyclic) bond motifs is 1. The number of pyridine rings is 1. The van der Waals surface area contributed by atoms with Crippen LogP contribution in [0, 0.1) is 12.8 Å². The van der Waals surface area contributed by atoms with Gasteiger partial charge in [-0.1, -0.05) is 0 Å². The Balaban J connectivity index is 1.97. The SMILES string of the molecule is Cc1cc(C(=O)N2CCC(C(=O)O)C2)c2cnn(C)c2n1. The van der Waals surface area contributed by atoms with Crippen molar-refractivity contribution in [1.29, 1.82) is 0 Å². The van der Waals surface area contributed by atoms with Crippen molar-refractivity contribution >= 4 is 22.9 Å². The van der Waals surface area contributed by atoms with Crippen molar-refractivity contribution in [3.63, 3.8) is 0 Å². The number of carbonyl (C=O) groups is 2. The molecule has 1 amide bonds. The number of carbonyl (C=O) groups excluding carboxylic acids is 1. The van der Waals surface area contributed by atoms with E-state index >= 15 is 0 Å². The number of hydrogen-bond acceptors (Lipinski definition) is 4. The van der Waals surface area contributed by atoms with Crippen LogP contribution in [0.2, 0.25) is 0 Å². The quantitative estimate of drug-likeness (QED) is 0.884. The Morgan fingerprint density at radius 2 is 2.19 bits per heavy atom. The largest absolute Gasteiger partial charge is 0.481 e. The minimum atomic E-state index is -0.845. The lowest BCUT2D eigenvalue weighted by molar-refractivity contribution is -0.141. The number of amides is 1. The number of carboxylic acid groups (broad SMARTS) is 1. The number of nitrogens with zero attached hydrogens (tertiary/aromatic N) is 4. The molecular formula is C14H16N4O3. The van der Waals surface area contributed by atoms with Gasteiger partial charge in [0.15, 0.2) is 5.65 Å². The second-order valence-corrected chi connectivity index (χ2v) is 5.39. The zero-order valence-electron chi connectivity index (χ0n) is 11.9. The molecule has 1 atom stereocenters. The van der Waals surface area contributed by atoms with Crippen molar-refractivity contribution in [3.8, 4) is 0 Å². The summed E-state index contributed by atoms with van der Waals surface area (Å²) in [5.41, 5.74) is 1.94. The monoisotopic (exact) mass is 288 g/mol. The van der Waals surface area contributed by atoms with Gasteiger partial charge in [-0.15, -0.1) is 0 Å². The van der Waals surface area contributed by atoms with Crippen LogP contribution in [0.4, 0.5) is 0 Å². The van der Waals surface area contributed by atoms with E-state index in [0.717, 1.165) is 5.69 Å². The molecule has 0 aliphatic carbocycles. The van der Waals surface area contributed by atoms with Gasteiger partial charge in [-0.25, -0.2) is 4.98 Å². The number of rotatable bonds is 2. The van der Waals surface area contributed by atoms with E-state index in [-0.39, 0.29) is 12.5 Å². The fraction of sp³-hybridized carbons (Fsp3) is 0.429. The molecule has 0 aromatic carbocycles. The normalized spacial score (nSPS) is 18.4. The van der Waals surface area contributed by atoms with Gasteiger partial charge in [0, 0.05) is 25.8 Å². The lowest BCUT2D eigenvalue weighted by Crippen LogP contribution is -2.30. The van der Waals surface area contributed by atoms with Gasteiger partial charge in [-0.3, -0.25) is 14.3 Å². The Morgan fingerprint density at radius 1 is 1.43 bits per heavy atom. The number of aromatic nitrogens is 3. The third-order valence-electron chi connectivity index (χ3n) is 3.89. The van der Waals surface area contributed by atoms with Gasteiger partial charge in [0.1, 0.15) is 0 Å². The summed E-state index contributed by atoms with van der Waals surface area (Å²) in [5, 5.41) is 13.9. The number of carboxylic acids is 1. The third-order valence-corrected chi connectivity index (χ3v) is 3.89. The van der Waals surface area contributed by atoms with Crippen LogP contribution in [0.5, 0.6) is 0 Å². The highest BCUT2D eigenvalue weighted by Crippen LogP contribution is 2.23. The predicted octanol–water partition coefficient (Wildman–Crippen LogP) is 0.823. The minimum Gasteiger partial charge on any atom is -0.481 e. The van der Waals surface area contributed by atoms with Gasteiger partial charge < -0.3 is 10.0 Å². The first kappa shape index (κ1) is 13.5. The molecule has 1 aliphatic rings. The molecule has 1 unspecified atom stereocenters. The van der Waals surface area contributed by atoms with Crippen molar-refractivity contribution in [2.45, 2.75) is 13.3 Å². The molecule has 0 saturated carbocycles. The zero-order chi connectivity index (χ0) is 15.1. The van der Waals surface area contributed by atoms with Crippen molar-refractivity contribution < 1.29 is 14.7 Å². The van der Waals surface area contributed by atoms with Crippen molar-refractivity contribution in [2.24, 2.45) is 13.0 Å². The summed E-state index contributed by atoms with van der Waals surface area (Å²) in [6.45, 7) is 2.56. The molecule has 3 heterocycles. The molecule has 1 saturated heterocycles. The van der Waals surface area contributed by atoms with E-state index in [4.69, 9.17) is 5.11 Å². The fourth-order valence-corrected chi connectivity index (χ4v) is 2.73. The van der Waals surface area contributed by atoms with E-state index in [0.29, 0.717) is 29.6 Å². The Hall–Kier alpha value is -2.44. The summed E-state index contributed by atoms with van der Waals surface area (Å²) in [5.74, 6) is -1.47. The average Bonchev–Trinajstić information content (AvgIpc) is 3.05. The van der Waals surface area contributed by atoms with Crippen molar-refractivity contribution in [1.82, 2.24) is 19.7 Å². The van der Waals surface area contributed by atoms with E-state index in [1.54, 1.807) is 28.9 Å². The van der Waals surface area contributed by atoms with Crippen LogP contribution in [0.25, 0.3) is 11.0 Å². The molecule has 2 aromatic heterocycles. The number of aryl methyl sites for hydroxylation is 2. The molecule has 1 fully saturated rings. The standard InChI is InChI=1S/C14H16N4O3/c1-8-5-10(11-6-15-17(2)12(11)16-8)13(19)18-4-3-9(7-18)14(20)21/h5-6,9H,3-4,7H2,1-2H3,(H,20,21). The Kier molecular flexibility index (Phi) is 3.12. The molecule has 7 heteroatoms. The highest BCUT2D eigenvalue weighted by atomic mass is 16.4. The van der Waals surface area contributed by atoms with Gasteiger partial charge in [0.25, 0.3) is 5.91 Å². The molecule has 3 rings (SSSR count). The molecular weight excluding hydrogens is 272 g/mol. The van der Waals surface area contributed by atoms with Crippen molar-refractivity contribution in [2.75, 3.05) is 13.1 Å². The average molecular weight is 288 g/mol. The van der Waals surface area contributed by atoms with Gasteiger partial charge in [-0.2, -0.15) is 5.10 Å². The maximum atomic E-state index is 12.7. The second kappa shape index (κ2) is 4.83. The van der Waals surface area contributed by atoms with E-state index in [1.165, 1.54) is 0 Å². The highest BCUT2D eigenvalue weighted by molar-refractivity contribution is 6.05. The van der Waals surface area contributed by atoms with Crippen LogP contribution < -0.4 is 0 Å². The molecule has 7 nitrogen and oxygen atoms in total. The Bertz CT molecular complexity index is 737. The smallest absolute Gasteiger partial charge is 0.308 e. The van der Waals surface area contributed by atoms with Crippen molar-refractivity contribution in [3.05, 3.63) is 23.5 Å². The van der Waals surface area contributed by atoms with Gasteiger partial charge in [0.2, 0.25) is 0 Å². The van der Waals surface area contributed by atoms with Crippen LogP contribution in [-0.2, 0) is 11.8 Å². The molecule has 0 spiro atoms. The van der Waals surface area contributed by atoms with Crippen LogP contribution in [-0.4, -0.2) is 49.7 Å². The van der Waals surface area contributed by atoms with E-state index in [9.17, 15) is 9.59 Å². The summed E-state index contributed by atoms with van der Waals surface area (Å²) in [6, 6.07) is 1.74. The summed E-state index contributed by atoms with van der Waals surface area (Å²) < 4.78 is 1.63. The molecule has 21 heavy (non-hydrogen) atoms. The maximum Gasteiger partial charge on any atom is 0.308 e. The highest BCUT2D eigenvalue weighted by Gasteiger charge is 2.32. The number of aliphatic carboxylic acids is 1. The maximum absolute atomic E-state index is 12.7.